The Morgan fingerprint density at radius 1 is 1.37 bits per heavy atom. The summed E-state index contributed by atoms with van der Waals surface area (Å²) in [5, 5.41) is 15.8. The number of carbonyl (C=O) groups excluding carboxylic acids is 1. The Labute approximate surface area is 121 Å². The van der Waals surface area contributed by atoms with Crippen LogP contribution in [0.3, 0.4) is 0 Å². The Morgan fingerprint density at radius 2 is 2.00 bits per heavy atom. The Balaban J connectivity index is 2.47. The van der Waals surface area contributed by atoms with Gasteiger partial charge in [-0.25, -0.2) is 4.79 Å². The Hall–Kier alpha value is -1.01. The summed E-state index contributed by atoms with van der Waals surface area (Å²) in [5.41, 5.74) is 0.406. The highest BCUT2D eigenvalue weighted by atomic mass is 35.5. The molecule has 2 amide bonds. The number of aliphatic hydroxyl groups is 1. The van der Waals surface area contributed by atoms with Crippen LogP contribution in [0.2, 0.25) is 10.0 Å². The highest BCUT2D eigenvalue weighted by Gasteiger charge is 2.16. The standard InChI is InChI=1S/C12H16Cl2N2O3/c1-19-6-5-15-12(18)16-7-10(17)11-8(13)3-2-4-9(11)14/h2-4,10,17H,5-7H2,1H3,(H2,15,16,18). The lowest BCUT2D eigenvalue weighted by Crippen LogP contribution is -2.39. The van der Waals surface area contributed by atoms with Crippen molar-refractivity contribution in [2.24, 2.45) is 0 Å². The molecule has 1 atom stereocenters. The van der Waals surface area contributed by atoms with Crippen LogP contribution in [0.15, 0.2) is 18.2 Å². The molecule has 0 heterocycles. The van der Waals surface area contributed by atoms with E-state index in [2.05, 4.69) is 10.6 Å². The van der Waals surface area contributed by atoms with E-state index in [1.165, 1.54) is 0 Å². The zero-order valence-electron chi connectivity index (χ0n) is 10.5. The predicted octanol–water partition coefficient (Wildman–Crippen LogP) is 1.97. The fraction of sp³-hybridized carbons (Fsp3) is 0.417. The number of carbonyl (C=O) groups is 1. The van der Waals surface area contributed by atoms with Crippen molar-refractivity contribution in [1.82, 2.24) is 10.6 Å². The van der Waals surface area contributed by atoms with Crippen LogP contribution < -0.4 is 10.6 Å². The number of aliphatic hydroxyl groups excluding tert-OH is 1. The first-order valence-electron chi connectivity index (χ1n) is 5.69. The molecule has 0 aliphatic heterocycles. The largest absolute Gasteiger partial charge is 0.386 e. The summed E-state index contributed by atoms with van der Waals surface area (Å²) >= 11 is 11.9. The molecule has 1 rings (SSSR count). The van der Waals surface area contributed by atoms with Gasteiger partial charge in [-0.15, -0.1) is 0 Å². The number of methoxy groups -OCH3 is 1. The van der Waals surface area contributed by atoms with Crippen LogP contribution in [0.5, 0.6) is 0 Å². The molecule has 0 aliphatic rings. The van der Waals surface area contributed by atoms with Crippen molar-refractivity contribution >= 4 is 29.2 Å². The van der Waals surface area contributed by atoms with Gasteiger partial charge in [0.2, 0.25) is 0 Å². The van der Waals surface area contributed by atoms with Gasteiger partial charge in [-0.3, -0.25) is 0 Å². The zero-order valence-corrected chi connectivity index (χ0v) is 12.0. The maximum absolute atomic E-state index is 11.4. The fourth-order valence-corrected chi connectivity index (χ4v) is 2.10. The van der Waals surface area contributed by atoms with Crippen LogP contribution in [0.4, 0.5) is 4.79 Å². The van der Waals surface area contributed by atoms with E-state index in [0.717, 1.165) is 0 Å². The summed E-state index contributed by atoms with van der Waals surface area (Å²) in [6, 6.07) is 4.56. The van der Waals surface area contributed by atoms with E-state index >= 15 is 0 Å². The molecule has 0 radical (unpaired) electrons. The maximum atomic E-state index is 11.4. The van der Waals surface area contributed by atoms with E-state index in [0.29, 0.717) is 28.8 Å². The molecule has 0 spiro atoms. The average molecular weight is 307 g/mol. The minimum atomic E-state index is -0.964. The van der Waals surface area contributed by atoms with E-state index < -0.39 is 6.10 Å². The number of urea groups is 1. The molecule has 0 saturated heterocycles. The number of hydrogen-bond donors (Lipinski definition) is 3. The van der Waals surface area contributed by atoms with Gasteiger partial charge < -0.3 is 20.5 Å². The zero-order chi connectivity index (χ0) is 14.3. The lowest BCUT2D eigenvalue weighted by Gasteiger charge is -2.15. The molecule has 19 heavy (non-hydrogen) atoms. The van der Waals surface area contributed by atoms with Gasteiger partial charge in [0.05, 0.1) is 12.7 Å². The third-order valence-electron chi connectivity index (χ3n) is 2.38. The van der Waals surface area contributed by atoms with E-state index in [1.54, 1.807) is 25.3 Å². The van der Waals surface area contributed by atoms with Crippen LogP contribution in [-0.4, -0.2) is 37.9 Å². The van der Waals surface area contributed by atoms with Gasteiger partial charge in [-0.1, -0.05) is 29.3 Å². The fourth-order valence-electron chi connectivity index (χ4n) is 1.45. The van der Waals surface area contributed by atoms with Gasteiger partial charge in [-0.2, -0.15) is 0 Å². The number of hydrogen-bond acceptors (Lipinski definition) is 3. The molecule has 0 aliphatic carbocycles. The van der Waals surface area contributed by atoms with Crippen LogP contribution in [0.25, 0.3) is 0 Å². The highest BCUT2D eigenvalue weighted by Crippen LogP contribution is 2.29. The second-order valence-electron chi connectivity index (χ2n) is 3.78. The topological polar surface area (TPSA) is 70.6 Å². The number of ether oxygens (including phenoxy) is 1. The number of amides is 2. The Bertz CT molecular complexity index is 409. The molecule has 0 saturated carbocycles. The number of rotatable bonds is 6. The first-order chi connectivity index (χ1) is 9.06. The molecule has 0 aromatic heterocycles. The molecule has 106 valence electrons. The smallest absolute Gasteiger partial charge is 0.314 e. The third-order valence-corrected chi connectivity index (χ3v) is 3.04. The molecule has 5 nitrogen and oxygen atoms in total. The summed E-state index contributed by atoms with van der Waals surface area (Å²) in [4.78, 5) is 11.4. The minimum absolute atomic E-state index is 0.0161. The van der Waals surface area contributed by atoms with Gasteiger partial charge >= 0.3 is 6.03 Å². The van der Waals surface area contributed by atoms with Gasteiger partial charge in [0.25, 0.3) is 0 Å². The van der Waals surface area contributed by atoms with Crippen LogP contribution in [0.1, 0.15) is 11.7 Å². The lowest BCUT2D eigenvalue weighted by atomic mass is 10.1. The molecule has 1 aromatic carbocycles. The van der Waals surface area contributed by atoms with Crippen molar-refractivity contribution in [2.75, 3.05) is 26.8 Å². The van der Waals surface area contributed by atoms with E-state index in [9.17, 15) is 9.90 Å². The van der Waals surface area contributed by atoms with Crippen molar-refractivity contribution in [3.05, 3.63) is 33.8 Å². The summed E-state index contributed by atoms with van der Waals surface area (Å²) in [5.74, 6) is 0. The Kier molecular flexibility index (Phi) is 6.94. The van der Waals surface area contributed by atoms with Gasteiger partial charge in [0.15, 0.2) is 0 Å². The van der Waals surface area contributed by atoms with Crippen molar-refractivity contribution in [3.63, 3.8) is 0 Å². The highest BCUT2D eigenvalue weighted by molar-refractivity contribution is 6.36. The third kappa shape index (κ3) is 5.24. The molecule has 0 bridgehead atoms. The van der Waals surface area contributed by atoms with Crippen LogP contribution in [-0.2, 0) is 4.74 Å². The molecule has 3 N–H and O–H groups in total. The monoisotopic (exact) mass is 306 g/mol. The summed E-state index contributed by atoms with van der Waals surface area (Å²) in [6.07, 6.45) is -0.964. The number of nitrogens with one attached hydrogen (secondary N) is 2. The number of benzene rings is 1. The molecular weight excluding hydrogens is 291 g/mol. The quantitative estimate of drug-likeness (QED) is 0.704. The summed E-state index contributed by atoms with van der Waals surface area (Å²) < 4.78 is 4.79. The van der Waals surface area contributed by atoms with Crippen LogP contribution in [0, 0.1) is 0 Å². The van der Waals surface area contributed by atoms with E-state index in [4.69, 9.17) is 27.9 Å². The Morgan fingerprint density at radius 3 is 2.58 bits per heavy atom. The minimum Gasteiger partial charge on any atom is -0.386 e. The molecule has 7 heteroatoms. The first kappa shape index (κ1) is 16.0. The van der Waals surface area contributed by atoms with Gasteiger partial charge in [0.1, 0.15) is 0 Å². The SMILES string of the molecule is COCCNC(=O)NCC(O)c1c(Cl)cccc1Cl. The van der Waals surface area contributed by atoms with Crippen LogP contribution >= 0.6 is 23.2 Å². The summed E-state index contributed by atoms with van der Waals surface area (Å²) in [6.45, 7) is 0.833. The predicted molar refractivity (Wildman–Crippen MR) is 74.7 cm³/mol. The molecule has 1 unspecified atom stereocenters. The lowest BCUT2D eigenvalue weighted by molar-refractivity contribution is 0.171. The van der Waals surface area contributed by atoms with Gasteiger partial charge in [-0.05, 0) is 12.1 Å². The first-order valence-corrected chi connectivity index (χ1v) is 6.44. The second-order valence-corrected chi connectivity index (χ2v) is 4.60. The van der Waals surface area contributed by atoms with Crippen molar-refractivity contribution in [3.8, 4) is 0 Å². The van der Waals surface area contributed by atoms with Crippen molar-refractivity contribution in [2.45, 2.75) is 6.10 Å². The van der Waals surface area contributed by atoms with Gasteiger partial charge in [0, 0.05) is 35.8 Å². The van der Waals surface area contributed by atoms with Crippen molar-refractivity contribution < 1.29 is 14.6 Å². The van der Waals surface area contributed by atoms with E-state index in [1.807, 2.05) is 0 Å². The maximum Gasteiger partial charge on any atom is 0.314 e. The molecular formula is C12H16Cl2N2O3. The van der Waals surface area contributed by atoms with E-state index in [-0.39, 0.29) is 12.6 Å². The average Bonchev–Trinajstić information content (AvgIpc) is 2.36. The summed E-state index contributed by atoms with van der Waals surface area (Å²) in [7, 11) is 1.54. The van der Waals surface area contributed by atoms with Crippen molar-refractivity contribution in [1.29, 1.82) is 0 Å². The molecule has 0 fully saturated rings. The number of halogens is 2. The second kappa shape index (κ2) is 8.22. The molecule has 1 aromatic rings. The normalized spacial score (nSPS) is 12.0.